The maximum absolute atomic E-state index is 12.2. The summed E-state index contributed by atoms with van der Waals surface area (Å²) in [5, 5.41) is 7.90. The zero-order valence-electron chi connectivity index (χ0n) is 15.4. The minimum absolute atomic E-state index is 0.0696. The van der Waals surface area contributed by atoms with Gasteiger partial charge < -0.3 is 10.2 Å². The number of aromatic nitrogens is 3. The molecule has 6 nitrogen and oxygen atoms in total. The van der Waals surface area contributed by atoms with E-state index in [0.717, 1.165) is 24.2 Å². The van der Waals surface area contributed by atoms with Gasteiger partial charge in [-0.2, -0.15) is 5.10 Å². The van der Waals surface area contributed by atoms with E-state index in [-0.39, 0.29) is 18.0 Å². The molecule has 1 amide bonds. The molecule has 0 spiro atoms. The van der Waals surface area contributed by atoms with Crippen LogP contribution in [0.2, 0.25) is 0 Å². The van der Waals surface area contributed by atoms with Crippen LogP contribution in [0.4, 0.5) is 0 Å². The summed E-state index contributed by atoms with van der Waals surface area (Å²) in [6, 6.07) is 4.38. The number of nitrogens with one attached hydrogen (secondary N) is 1. The third-order valence-electron chi connectivity index (χ3n) is 5.12. The third-order valence-corrected chi connectivity index (χ3v) is 5.12. The van der Waals surface area contributed by atoms with Gasteiger partial charge in [0.25, 0.3) is 0 Å². The number of piperidine rings is 1. The Morgan fingerprint density at radius 3 is 2.88 bits per heavy atom. The molecule has 1 fully saturated rings. The first-order valence-electron chi connectivity index (χ1n) is 8.86. The van der Waals surface area contributed by atoms with Crippen molar-refractivity contribution in [3.63, 3.8) is 0 Å². The first-order valence-corrected chi connectivity index (χ1v) is 8.86. The number of amides is 1. The number of nitrogens with zero attached hydrogens (tertiary/aromatic N) is 4. The van der Waals surface area contributed by atoms with Crippen molar-refractivity contribution in [3.05, 3.63) is 47.5 Å². The lowest BCUT2D eigenvalue weighted by Gasteiger charge is -2.39. The maximum Gasteiger partial charge on any atom is 0.222 e. The monoisotopic (exact) mass is 341 g/mol. The van der Waals surface area contributed by atoms with E-state index in [4.69, 9.17) is 0 Å². The van der Waals surface area contributed by atoms with E-state index in [9.17, 15) is 4.79 Å². The molecule has 25 heavy (non-hydrogen) atoms. The first-order chi connectivity index (χ1) is 12.0. The van der Waals surface area contributed by atoms with Crippen molar-refractivity contribution < 1.29 is 4.79 Å². The molecule has 3 atom stereocenters. The fourth-order valence-corrected chi connectivity index (χ4v) is 3.65. The average molecular weight is 341 g/mol. The highest BCUT2D eigenvalue weighted by Gasteiger charge is 2.35. The van der Waals surface area contributed by atoms with Gasteiger partial charge in [0, 0.05) is 51.1 Å². The van der Waals surface area contributed by atoms with Crippen LogP contribution >= 0.6 is 0 Å². The smallest absolute Gasteiger partial charge is 0.222 e. The minimum Gasteiger partial charge on any atom is -0.338 e. The molecule has 1 aliphatic rings. The van der Waals surface area contributed by atoms with Crippen molar-refractivity contribution in [2.45, 2.75) is 38.8 Å². The second-order valence-corrected chi connectivity index (χ2v) is 7.08. The van der Waals surface area contributed by atoms with E-state index in [1.165, 1.54) is 5.56 Å². The summed E-state index contributed by atoms with van der Waals surface area (Å²) in [6.45, 7) is 5.06. The van der Waals surface area contributed by atoms with Crippen molar-refractivity contribution in [3.8, 4) is 0 Å². The van der Waals surface area contributed by atoms with Crippen LogP contribution in [0.1, 0.15) is 48.7 Å². The van der Waals surface area contributed by atoms with Crippen LogP contribution in [0, 0.1) is 12.8 Å². The zero-order valence-corrected chi connectivity index (χ0v) is 15.4. The predicted octanol–water partition coefficient (Wildman–Crippen LogP) is 2.38. The number of carbonyl (C=O) groups is 1. The van der Waals surface area contributed by atoms with Crippen molar-refractivity contribution in [2.24, 2.45) is 13.0 Å². The summed E-state index contributed by atoms with van der Waals surface area (Å²) in [5.41, 5.74) is 3.37. The highest BCUT2D eigenvalue weighted by atomic mass is 16.2. The molecule has 3 heterocycles. The van der Waals surface area contributed by atoms with Gasteiger partial charge in [0.1, 0.15) is 0 Å². The van der Waals surface area contributed by atoms with E-state index in [2.05, 4.69) is 35.3 Å². The Morgan fingerprint density at radius 1 is 1.40 bits per heavy atom. The lowest BCUT2D eigenvalue weighted by atomic mass is 9.85. The number of rotatable bonds is 5. The van der Waals surface area contributed by atoms with E-state index in [1.807, 2.05) is 43.7 Å². The molecule has 1 N–H and O–H groups in total. The number of hydrogen-bond acceptors (Lipinski definition) is 4. The SMILES string of the molecule is Cc1ccnc(C(C)NC[C@H]2CCC(=O)N(C)[C@@H]2c2cnn(C)c2)c1. The molecule has 0 aromatic carbocycles. The molecule has 1 unspecified atom stereocenters. The van der Waals surface area contributed by atoms with Crippen LogP contribution < -0.4 is 5.32 Å². The number of aryl methyl sites for hydroxylation is 2. The first kappa shape index (κ1) is 17.6. The molecular weight excluding hydrogens is 314 g/mol. The molecule has 0 radical (unpaired) electrons. The largest absolute Gasteiger partial charge is 0.338 e. The summed E-state index contributed by atoms with van der Waals surface area (Å²) >= 11 is 0. The lowest BCUT2D eigenvalue weighted by molar-refractivity contribution is -0.137. The fraction of sp³-hybridized carbons (Fsp3) is 0.526. The van der Waals surface area contributed by atoms with Crippen LogP contribution in [0.5, 0.6) is 0 Å². The van der Waals surface area contributed by atoms with Crippen LogP contribution in [0.25, 0.3) is 0 Å². The second-order valence-electron chi connectivity index (χ2n) is 7.08. The summed E-state index contributed by atoms with van der Waals surface area (Å²) in [6.07, 6.45) is 7.24. The lowest BCUT2D eigenvalue weighted by Crippen LogP contribution is -2.43. The standard InChI is InChI=1S/C19H27N5O/c1-13-7-8-20-17(9-13)14(2)21-10-15-5-6-18(25)24(4)19(15)16-11-22-23(3)12-16/h7-9,11-12,14-15,19,21H,5-6,10H2,1-4H3/t14?,15-,19+/m1/s1. The molecule has 3 rings (SSSR count). The van der Waals surface area contributed by atoms with Crippen molar-refractivity contribution >= 4 is 5.91 Å². The Bertz CT molecular complexity index is 741. The van der Waals surface area contributed by atoms with Gasteiger partial charge in [0.05, 0.1) is 17.9 Å². The van der Waals surface area contributed by atoms with Gasteiger partial charge >= 0.3 is 0 Å². The van der Waals surface area contributed by atoms with Gasteiger partial charge in [0.15, 0.2) is 0 Å². The van der Waals surface area contributed by atoms with Crippen LogP contribution in [0.15, 0.2) is 30.7 Å². The Balaban J connectivity index is 1.72. The minimum atomic E-state index is 0.0696. The molecule has 0 aliphatic carbocycles. The molecule has 0 bridgehead atoms. The summed E-state index contributed by atoms with van der Waals surface area (Å²) in [7, 11) is 3.81. The van der Waals surface area contributed by atoms with Crippen LogP contribution in [-0.2, 0) is 11.8 Å². The number of likely N-dealkylation sites (tertiary alicyclic amines) is 1. The quantitative estimate of drug-likeness (QED) is 0.907. The molecule has 2 aromatic heterocycles. The second kappa shape index (κ2) is 7.35. The van der Waals surface area contributed by atoms with Crippen molar-refractivity contribution in [2.75, 3.05) is 13.6 Å². The molecular formula is C19H27N5O. The van der Waals surface area contributed by atoms with Crippen molar-refractivity contribution in [1.29, 1.82) is 0 Å². The highest BCUT2D eigenvalue weighted by molar-refractivity contribution is 5.77. The molecule has 0 saturated carbocycles. The molecule has 134 valence electrons. The fourth-order valence-electron chi connectivity index (χ4n) is 3.65. The molecule has 2 aromatic rings. The average Bonchev–Trinajstić information content (AvgIpc) is 3.01. The van der Waals surface area contributed by atoms with E-state index >= 15 is 0 Å². The van der Waals surface area contributed by atoms with Crippen LogP contribution in [0.3, 0.4) is 0 Å². The van der Waals surface area contributed by atoms with Gasteiger partial charge in [-0.3, -0.25) is 14.5 Å². The number of pyridine rings is 1. The maximum atomic E-state index is 12.2. The molecule has 1 saturated heterocycles. The molecule has 1 aliphatic heterocycles. The van der Waals surface area contributed by atoms with Gasteiger partial charge in [0.2, 0.25) is 5.91 Å². The number of hydrogen-bond donors (Lipinski definition) is 1. The predicted molar refractivity (Wildman–Crippen MR) is 96.8 cm³/mol. The summed E-state index contributed by atoms with van der Waals surface area (Å²) in [4.78, 5) is 18.5. The molecule has 6 heteroatoms. The van der Waals surface area contributed by atoms with Gasteiger partial charge in [-0.15, -0.1) is 0 Å². The topological polar surface area (TPSA) is 63.1 Å². The highest BCUT2D eigenvalue weighted by Crippen LogP contribution is 2.35. The summed E-state index contributed by atoms with van der Waals surface area (Å²) in [5.74, 6) is 0.567. The third kappa shape index (κ3) is 3.90. The normalized spacial score (nSPS) is 22.2. The summed E-state index contributed by atoms with van der Waals surface area (Å²) < 4.78 is 1.80. The van der Waals surface area contributed by atoms with Gasteiger partial charge in [-0.25, -0.2) is 0 Å². The van der Waals surface area contributed by atoms with E-state index in [1.54, 1.807) is 4.68 Å². The van der Waals surface area contributed by atoms with E-state index < -0.39 is 0 Å². The van der Waals surface area contributed by atoms with Gasteiger partial charge in [-0.1, -0.05) is 0 Å². The Labute approximate surface area is 149 Å². The van der Waals surface area contributed by atoms with Crippen LogP contribution in [-0.4, -0.2) is 39.2 Å². The van der Waals surface area contributed by atoms with Gasteiger partial charge in [-0.05, 0) is 43.9 Å². The van der Waals surface area contributed by atoms with Crippen molar-refractivity contribution in [1.82, 2.24) is 25.0 Å². The Hall–Kier alpha value is -2.21. The Kier molecular flexibility index (Phi) is 5.18. The Morgan fingerprint density at radius 2 is 2.20 bits per heavy atom. The zero-order chi connectivity index (χ0) is 18.0. The number of carbonyl (C=O) groups excluding carboxylic acids is 1. The van der Waals surface area contributed by atoms with E-state index in [0.29, 0.717) is 12.3 Å².